The van der Waals surface area contributed by atoms with E-state index in [4.69, 9.17) is 4.74 Å². The van der Waals surface area contributed by atoms with Gasteiger partial charge in [-0.05, 0) is 39.3 Å². The Balaban J connectivity index is 2.26. The van der Waals surface area contributed by atoms with Crippen LogP contribution >= 0.6 is 11.8 Å². The summed E-state index contributed by atoms with van der Waals surface area (Å²) in [5.41, 5.74) is 1.37. The van der Waals surface area contributed by atoms with Gasteiger partial charge in [0.05, 0.1) is 11.0 Å². The Morgan fingerprint density at radius 2 is 2.14 bits per heavy atom. The van der Waals surface area contributed by atoms with Gasteiger partial charge >= 0.3 is 5.97 Å². The molecule has 1 aromatic carbocycles. The van der Waals surface area contributed by atoms with E-state index in [9.17, 15) is 4.79 Å². The fourth-order valence-electron chi connectivity index (χ4n) is 2.05. The first-order valence-electron chi connectivity index (χ1n) is 7.31. The number of benzene rings is 1. The van der Waals surface area contributed by atoms with Crippen LogP contribution in [-0.2, 0) is 16.1 Å². The second-order valence-electron chi connectivity index (χ2n) is 5.98. The van der Waals surface area contributed by atoms with Crippen LogP contribution in [0.4, 0.5) is 0 Å². The van der Waals surface area contributed by atoms with E-state index in [1.54, 1.807) is 11.8 Å². The lowest BCUT2D eigenvalue weighted by Crippen LogP contribution is -2.26. The average molecular weight is 318 g/mol. The molecular weight excluding hydrogens is 296 g/mol. The van der Waals surface area contributed by atoms with Crippen molar-refractivity contribution < 1.29 is 9.53 Å². The number of para-hydroxylation sites is 2. The van der Waals surface area contributed by atoms with E-state index >= 15 is 0 Å². The van der Waals surface area contributed by atoms with E-state index in [-0.39, 0.29) is 12.5 Å². The van der Waals surface area contributed by atoms with Crippen LogP contribution in [0.1, 0.15) is 27.2 Å². The van der Waals surface area contributed by atoms with Gasteiger partial charge < -0.3 is 9.30 Å². The number of ether oxygens (including phenoxy) is 1. The molecule has 0 unspecified atom stereocenters. The van der Waals surface area contributed by atoms with Crippen molar-refractivity contribution >= 4 is 28.8 Å². The highest BCUT2D eigenvalue weighted by molar-refractivity contribution is 7.99. The number of rotatable bonds is 6. The smallest absolute Gasteiger partial charge is 0.326 e. The predicted molar refractivity (Wildman–Crippen MR) is 91.1 cm³/mol. The summed E-state index contributed by atoms with van der Waals surface area (Å²) in [4.78, 5) is 16.8. The van der Waals surface area contributed by atoms with Crippen molar-refractivity contribution in [2.24, 2.45) is 0 Å². The molecule has 0 bridgehead atoms. The van der Waals surface area contributed by atoms with Crippen molar-refractivity contribution in [2.75, 3.05) is 5.75 Å². The van der Waals surface area contributed by atoms with E-state index in [2.05, 4.69) is 11.6 Å². The summed E-state index contributed by atoms with van der Waals surface area (Å²) in [7, 11) is 0. The van der Waals surface area contributed by atoms with E-state index in [1.165, 1.54) is 0 Å². The van der Waals surface area contributed by atoms with Crippen LogP contribution in [0.15, 0.2) is 42.1 Å². The largest absolute Gasteiger partial charge is 0.459 e. The number of thioether (sulfide) groups is 1. The van der Waals surface area contributed by atoms with Gasteiger partial charge in [-0.1, -0.05) is 30.0 Å². The molecule has 1 heterocycles. The maximum absolute atomic E-state index is 12.2. The number of hydrogen-bond donors (Lipinski definition) is 0. The zero-order valence-corrected chi connectivity index (χ0v) is 14.2. The molecule has 0 saturated heterocycles. The van der Waals surface area contributed by atoms with Crippen LogP contribution in [0.2, 0.25) is 0 Å². The van der Waals surface area contributed by atoms with Gasteiger partial charge in [0.25, 0.3) is 0 Å². The summed E-state index contributed by atoms with van der Waals surface area (Å²) >= 11 is 1.63. The first-order chi connectivity index (χ1) is 10.4. The number of nitrogens with zero attached hydrogens (tertiary/aromatic N) is 2. The highest BCUT2D eigenvalue weighted by atomic mass is 32.2. The summed E-state index contributed by atoms with van der Waals surface area (Å²) in [6, 6.07) is 7.84. The van der Waals surface area contributed by atoms with Gasteiger partial charge in [-0.3, -0.25) is 4.79 Å². The lowest BCUT2D eigenvalue weighted by molar-refractivity contribution is -0.155. The summed E-state index contributed by atoms with van der Waals surface area (Å²) in [6.07, 6.45) is 2.79. The quantitative estimate of drug-likeness (QED) is 0.349. The fourth-order valence-corrected chi connectivity index (χ4v) is 3.00. The SMILES string of the molecule is C=CCCSc1nc2ccccc2n1CC(=O)OC(C)(C)C. The molecule has 0 atom stereocenters. The molecule has 0 fully saturated rings. The Bertz CT molecular complexity index is 671. The van der Waals surface area contributed by atoms with Gasteiger partial charge in [0.1, 0.15) is 12.1 Å². The van der Waals surface area contributed by atoms with Crippen LogP contribution in [0.5, 0.6) is 0 Å². The second-order valence-corrected chi connectivity index (χ2v) is 7.04. The third-order valence-corrected chi connectivity index (χ3v) is 3.89. The zero-order valence-electron chi connectivity index (χ0n) is 13.3. The molecule has 0 aliphatic rings. The van der Waals surface area contributed by atoms with E-state index in [0.29, 0.717) is 0 Å². The highest BCUT2D eigenvalue weighted by Crippen LogP contribution is 2.25. The van der Waals surface area contributed by atoms with Crippen molar-refractivity contribution in [3.8, 4) is 0 Å². The maximum Gasteiger partial charge on any atom is 0.326 e. The van der Waals surface area contributed by atoms with Crippen LogP contribution in [-0.4, -0.2) is 26.9 Å². The summed E-state index contributed by atoms with van der Waals surface area (Å²) in [5.74, 6) is 0.641. The number of hydrogen-bond acceptors (Lipinski definition) is 4. The molecule has 0 saturated carbocycles. The normalized spacial score (nSPS) is 11.6. The molecule has 0 spiro atoms. The van der Waals surface area contributed by atoms with Gasteiger partial charge in [0.15, 0.2) is 5.16 Å². The van der Waals surface area contributed by atoms with E-state index in [0.717, 1.165) is 28.4 Å². The molecule has 22 heavy (non-hydrogen) atoms. The van der Waals surface area contributed by atoms with Crippen molar-refractivity contribution in [1.29, 1.82) is 0 Å². The number of allylic oxidation sites excluding steroid dienone is 1. The van der Waals surface area contributed by atoms with Crippen LogP contribution < -0.4 is 0 Å². The third kappa shape index (κ3) is 4.37. The lowest BCUT2D eigenvalue weighted by Gasteiger charge is -2.20. The monoisotopic (exact) mass is 318 g/mol. The zero-order chi connectivity index (χ0) is 16.2. The van der Waals surface area contributed by atoms with Gasteiger partial charge in [-0.2, -0.15) is 0 Å². The summed E-state index contributed by atoms with van der Waals surface area (Å²) < 4.78 is 7.36. The topological polar surface area (TPSA) is 44.1 Å². The standard InChI is InChI=1S/C17H22N2O2S/c1-5-6-11-22-16-18-13-9-7-8-10-14(13)19(16)12-15(20)21-17(2,3)4/h5,7-10H,1,6,11-12H2,2-4H3. The predicted octanol–water partition coefficient (Wildman–Crippen LogP) is 4.05. The van der Waals surface area contributed by atoms with Crippen molar-refractivity contribution in [3.63, 3.8) is 0 Å². The first-order valence-corrected chi connectivity index (χ1v) is 8.30. The number of aromatic nitrogens is 2. The third-order valence-electron chi connectivity index (χ3n) is 2.88. The maximum atomic E-state index is 12.2. The minimum atomic E-state index is -0.483. The first kappa shape index (κ1) is 16.6. The number of carbonyl (C=O) groups is 1. The number of imidazole rings is 1. The molecule has 4 nitrogen and oxygen atoms in total. The fraction of sp³-hybridized carbons (Fsp3) is 0.412. The molecule has 2 rings (SSSR count). The Morgan fingerprint density at radius 3 is 2.82 bits per heavy atom. The van der Waals surface area contributed by atoms with E-state index in [1.807, 2.05) is 55.7 Å². The molecule has 0 amide bonds. The van der Waals surface area contributed by atoms with Crippen molar-refractivity contribution in [3.05, 3.63) is 36.9 Å². The van der Waals surface area contributed by atoms with Gasteiger partial charge in [-0.15, -0.1) is 6.58 Å². The molecule has 2 aromatic rings. The Kier molecular flexibility index (Phi) is 5.29. The molecule has 0 radical (unpaired) electrons. The molecule has 5 heteroatoms. The van der Waals surface area contributed by atoms with Gasteiger partial charge in [0.2, 0.25) is 0 Å². The minimum Gasteiger partial charge on any atom is -0.459 e. The Morgan fingerprint density at radius 1 is 1.41 bits per heavy atom. The van der Waals surface area contributed by atoms with Crippen LogP contribution in [0, 0.1) is 0 Å². The van der Waals surface area contributed by atoms with Crippen molar-refractivity contribution in [1.82, 2.24) is 9.55 Å². The number of fused-ring (bicyclic) bond motifs is 1. The van der Waals surface area contributed by atoms with Crippen molar-refractivity contribution in [2.45, 2.75) is 44.5 Å². The average Bonchev–Trinajstić information content (AvgIpc) is 2.75. The van der Waals surface area contributed by atoms with E-state index < -0.39 is 5.60 Å². The summed E-state index contributed by atoms with van der Waals surface area (Å²) in [6.45, 7) is 9.52. The highest BCUT2D eigenvalue weighted by Gasteiger charge is 2.19. The molecule has 0 aliphatic carbocycles. The summed E-state index contributed by atoms with van der Waals surface area (Å²) in [5, 5.41) is 0.842. The van der Waals surface area contributed by atoms with Crippen LogP contribution in [0.3, 0.4) is 0 Å². The molecule has 0 aliphatic heterocycles. The van der Waals surface area contributed by atoms with Gasteiger partial charge in [0, 0.05) is 5.75 Å². The van der Waals surface area contributed by atoms with Gasteiger partial charge in [-0.25, -0.2) is 4.98 Å². The van der Waals surface area contributed by atoms with Crippen LogP contribution in [0.25, 0.3) is 11.0 Å². The molecular formula is C17H22N2O2S. The second kappa shape index (κ2) is 7.01. The number of carbonyl (C=O) groups excluding carboxylic acids is 1. The minimum absolute atomic E-state index is 0.175. The lowest BCUT2D eigenvalue weighted by atomic mass is 10.2. The molecule has 1 aromatic heterocycles. The molecule has 0 N–H and O–H groups in total. The Hall–Kier alpha value is -1.75. The number of esters is 1. The molecule has 118 valence electrons. The Labute approximate surface area is 135 Å².